The molecule has 1 N–H and O–H groups in total. The minimum atomic E-state index is -3.45. The molecule has 1 heterocycles. The number of rotatable bonds is 8. The van der Waals surface area contributed by atoms with Crippen LogP contribution in [0.3, 0.4) is 0 Å². The third-order valence-electron chi connectivity index (χ3n) is 4.03. The van der Waals surface area contributed by atoms with Gasteiger partial charge < -0.3 is 14.8 Å². The van der Waals surface area contributed by atoms with E-state index in [1.165, 1.54) is 10.4 Å². The summed E-state index contributed by atoms with van der Waals surface area (Å²) in [5, 5.41) is 2.75. The predicted molar refractivity (Wildman–Crippen MR) is 94.1 cm³/mol. The zero-order valence-corrected chi connectivity index (χ0v) is 15.8. The molecule has 2 rings (SSSR count). The number of nitrogens with zero attached hydrogens (tertiary/aromatic N) is 1. The van der Waals surface area contributed by atoms with E-state index in [0.29, 0.717) is 31.0 Å². The predicted octanol–water partition coefficient (Wildman–Crippen LogP) is 1.31. The summed E-state index contributed by atoms with van der Waals surface area (Å²) in [6.45, 7) is 5.04. The molecule has 1 fully saturated rings. The van der Waals surface area contributed by atoms with Crippen molar-refractivity contribution in [2.45, 2.75) is 37.6 Å². The number of aryl methyl sites for hydroxylation is 1. The van der Waals surface area contributed by atoms with Gasteiger partial charge in [0, 0.05) is 26.2 Å². The van der Waals surface area contributed by atoms with Gasteiger partial charge in [0.25, 0.3) is 5.91 Å². The van der Waals surface area contributed by atoms with Gasteiger partial charge in [0.15, 0.2) is 6.61 Å². The monoisotopic (exact) mass is 370 g/mol. The smallest absolute Gasteiger partial charge is 0.258 e. The van der Waals surface area contributed by atoms with Crippen LogP contribution in [0.5, 0.6) is 5.75 Å². The lowest BCUT2D eigenvalue weighted by atomic mass is 10.2. The molecule has 0 aliphatic carbocycles. The molecular formula is C17H26N2O5S. The van der Waals surface area contributed by atoms with Crippen LogP contribution in [-0.4, -0.2) is 58.1 Å². The number of hydrogen-bond donors (Lipinski definition) is 1. The van der Waals surface area contributed by atoms with Crippen molar-refractivity contribution in [2.24, 2.45) is 0 Å². The second kappa shape index (κ2) is 8.64. The summed E-state index contributed by atoms with van der Waals surface area (Å²) < 4.78 is 37.1. The van der Waals surface area contributed by atoms with E-state index < -0.39 is 10.0 Å². The van der Waals surface area contributed by atoms with Crippen LogP contribution in [0.25, 0.3) is 0 Å². The molecule has 1 saturated heterocycles. The van der Waals surface area contributed by atoms with Crippen molar-refractivity contribution in [1.29, 1.82) is 0 Å². The average molecular weight is 370 g/mol. The van der Waals surface area contributed by atoms with E-state index in [0.717, 1.165) is 12.8 Å². The van der Waals surface area contributed by atoms with Crippen LogP contribution in [0.15, 0.2) is 23.1 Å². The van der Waals surface area contributed by atoms with Crippen molar-refractivity contribution in [3.63, 3.8) is 0 Å². The van der Waals surface area contributed by atoms with E-state index in [9.17, 15) is 13.2 Å². The molecule has 0 bridgehead atoms. The number of benzene rings is 1. The van der Waals surface area contributed by atoms with Crippen molar-refractivity contribution < 1.29 is 22.7 Å². The van der Waals surface area contributed by atoms with Crippen LogP contribution in [-0.2, 0) is 19.6 Å². The number of methoxy groups -OCH3 is 1. The molecule has 1 unspecified atom stereocenters. The van der Waals surface area contributed by atoms with Crippen LogP contribution >= 0.6 is 0 Å². The fourth-order valence-electron chi connectivity index (χ4n) is 2.77. The number of sulfonamides is 1. The van der Waals surface area contributed by atoms with E-state index in [4.69, 9.17) is 9.47 Å². The maximum absolute atomic E-state index is 12.6. The molecule has 1 aromatic rings. The Labute approximate surface area is 149 Å². The van der Waals surface area contributed by atoms with Gasteiger partial charge in [-0.25, -0.2) is 8.42 Å². The first-order valence-corrected chi connectivity index (χ1v) is 9.80. The number of amides is 1. The zero-order valence-electron chi connectivity index (χ0n) is 14.9. The van der Waals surface area contributed by atoms with Gasteiger partial charge in [-0.3, -0.25) is 4.79 Å². The molecular weight excluding hydrogens is 344 g/mol. The Morgan fingerprint density at radius 2 is 2.00 bits per heavy atom. The maximum Gasteiger partial charge on any atom is 0.258 e. The first kappa shape index (κ1) is 19.7. The molecule has 0 spiro atoms. The normalized spacial score (nSPS) is 16.6. The van der Waals surface area contributed by atoms with Crippen molar-refractivity contribution in [1.82, 2.24) is 9.62 Å². The van der Waals surface area contributed by atoms with Crippen molar-refractivity contribution in [2.75, 3.05) is 33.4 Å². The van der Waals surface area contributed by atoms with Crippen LogP contribution < -0.4 is 10.1 Å². The Morgan fingerprint density at radius 1 is 1.32 bits per heavy atom. The standard InChI is InChI=1S/C17H26N2O5S/c1-13-10-15(25(21,22)19-8-4-5-9-19)6-7-16(13)24-12-17(20)18-14(2)11-23-3/h6-7,10,14H,4-5,8-9,11-12H2,1-3H3,(H,18,20). The molecule has 25 heavy (non-hydrogen) atoms. The molecule has 0 radical (unpaired) electrons. The lowest BCUT2D eigenvalue weighted by Crippen LogP contribution is -2.38. The molecule has 0 saturated carbocycles. The lowest BCUT2D eigenvalue weighted by molar-refractivity contribution is -0.124. The van der Waals surface area contributed by atoms with Crippen LogP contribution in [0, 0.1) is 6.92 Å². The number of carbonyl (C=O) groups is 1. The highest BCUT2D eigenvalue weighted by Gasteiger charge is 2.27. The van der Waals surface area contributed by atoms with E-state index in [1.807, 2.05) is 6.92 Å². The molecule has 7 nitrogen and oxygen atoms in total. The molecule has 1 aliphatic rings. The fraction of sp³-hybridized carbons (Fsp3) is 0.588. The number of nitrogens with one attached hydrogen (secondary N) is 1. The summed E-state index contributed by atoms with van der Waals surface area (Å²) in [7, 11) is -1.88. The Kier molecular flexibility index (Phi) is 6.80. The SMILES string of the molecule is COCC(C)NC(=O)COc1ccc(S(=O)(=O)N2CCCC2)cc1C. The van der Waals surface area contributed by atoms with Crippen molar-refractivity contribution >= 4 is 15.9 Å². The zero-order chi connectivity index (χ0) is 18.4. The van der Waals surface area contributed by atoms with Gasteiger partial charge in [-0.1, -0.05) is 0 Å². The topological polar surface area (TPSA) is 84.9 Å². The quantitative estimate of drug-likeness (QED) is 0.746. The molecule has 8 heteroatoms. The fourth-order valence-corrected chi connectivity index (χ4v) is 4.38. The van der Waals surface area contributed by atoms with Gasteiger partial charge in [-0.05, 0) is 50.5 Å². The van der Waals surface area contributed by atoms with Crippen LogP contribution in [0.2, 0.25) is 0 Å². The lowest BCUT2D eigenvalue weighted by Gasteiger charge is -2.17. The third-order valence-corrected chi connectivity index (χ3v) is 5.93. The Bertz CT molecular complexity index is 699. The Morgan fingerprint density at radius 3 is 2.60 bits per heavy atom. The molecule has 140 valence electrons. The summed E-state index contributed by atoms with van der Waals surface area (Å²) in [6.07, 6.45) is 1.80. The second-order valence-corrected chi connectivity index (χ2v) is 8.19. The van der Waals surface area contributed by atoms with E-state index in [1.54, 1.807) is 26.2 Å². The van der Waals surface area contributed by atoms with E-state index in [-0.39, 0.29) is 23.5 Å². The summed E-state index contributed by atoms with van der Waals surface area (Å²) >= 11 is 0. The maximum atomic E-state index is 12.6. The minimum absolute atomic E-state index is 0.102. The van der Waals surface area contributed by atoms with Crippen LogP contribution in [0.4, 0.5) is 0 Å². The summed E-state index contributed by atoms with van der Waals surface area (Å²) in [5.41, 5.74) is 0.679. The summed E-state index contributed by atoms with van der Waals surface area (Å²) in [6, 6.07) is 4.62. The molecule has 1 aromatic carbocycles. The average Bonchev–Trinajstić information content (AvgIpc) is 3.09. The van der Waals surface area contributed by atoms with Gasteiger partial charge in [-0.2, -0.15) is 4.31 Å². The van der Waals surface area contributed by atoms with Crippen LogP contribution in [0.1, 0.15) is 25.3 Å². The molecule has 1 atom stereocenters. The third kappa shape index (κ3) is 5.17. The number of carbonyl (C=O) groups excluding carboxylic acids is 1. The van der Waals surface area contributed by atoms with E-state index in [2.05, 4.69) is 5.32 Å². The second-order valence-electron chi connectivity index (χ2n) is 6.25. The summed E-state index contributed by atoms with van der Waals surface area (Å²) in [4.78, 5) is 12.1. The largest absolute Gasteiger partial charge is 0.484 e. The number of ether oxygens (including phenoxy) is 2. The summed E-state index contributed by atoms with van der Waals surface area (Å²) in [5.74, 6) is 0.243. The Hall–Kier alpha value is -1.64. The van der Waals surface area contributed by atoms with E-state index >= 15 is 0 Å². The molecule has 1 amide bonds. The van der Waals surface area contributed by atoms with Gasteiger partial charge in [0.05, 0.1) is 11.5 Å². The van der Waals surface area contributed by atoms with Gasteiger partial charge >= 0.3 is 0 Å². The van der Waals surface area contributed by atoms with Gasteiger partial charge in [0.1, 0.15) is 5.75 Å². The molecule has 0 aromatic heterocycles. The van der Waals surface area contributed by atoms with Crippen molar-refractivity contribution in [3.8, 4) is 5.75 Å². The Balaban J connectivity index is 1.99. The number of hydrogen-bond acceptors (Lipinski definition) is 5. The minimum Gasteiger partial charge on any atom is -0.484 e. The van der Waals surface area contributed by atoms with Gasteiger partial charge in [0.2, 0.25) is 10.0 Å². The first-order chi connectivity index (χ1) is 11.8. The van der Waals surface area contributed by atoms with Gasteiger partial charge in [-0.15, -0.1) is 0 Å². The first-order valence-electron chi connectivity index (χ1n) is 8.36. The van der Waals surface area contributed by atoms with Crippen molar-refractivity contribution in [3.05, 3.63) is 23.8 Å². The highest BCUT2D eigenvalue weighted by Crippen LogP contribution is 2.26. The molecule has 1 aliphatic heterocycles. The highest BCUT2D eigenvalue weighted by atomic mass is 32.2. The highest BCUT2D eigenvalue weighted by molar-refractivity contribution is 7.89.